The summed E-state index contributed by atoms with van der Waals surface area (Å²) in [5.41, 5.74) is 0.644. The van der Waals surface area contributed by atoms with Crippen LogP contribution in [0.25, 0.3) is 0 Å². The zero-order valence-electron chi connectivity index (χ0n) is 9.52. The molecule has 0 amide bonds. The van der Waals surface area contributed by atoms with Crippen LogP contribution >= 0.6 is 15.9 Å². The molecule has 1 aromatic carbocycles. The summed E-state index contributed by atoms with van der Waals surface area (Å²) < 4.78 is 12.9. The van der Waals surface area contributed by atoms with Crippen LogP contribution in [0.3, 0.4) is 0 Å². The third-order valence-corrected chi connectivity index (χ3v) is 5.35. The molecule has 0 spiro atoms. The number of halogens is 1. The van der Waals surface area contributed by atoms with E-state index in [0.29, 0.717) is 5.56 Å². The predicted octanol–water partition coefficient (Wildman–Crippen LogP) is 3.32. The highest BCUT2D eigenvalue weighted by Crippen LogP contribution is 2.23. The second kappa shape index (κ2) is 5.91. The third-order valence-electron chi connectivity index (χ3n) is 3.09. The van der Waals surface area contributed by atoms with Crippen molar-refractivity contribution in [3.8, 4) is 0 Å². The highest BCUT2D eigenvalue weighted by Gasteiger charge is 2.23. The second-order valence-electron chi connectivity index (χ2n) is 4.37. The van der Waals surface area contributed by atoms with E-state index in [1.165, 1.54) is 0 Å². The number of Topliss-reactive ketones (excluding diaryl/α,β-unsaturated/α-hetero) is 1. The lowest BCUT2D eigenvalue weighted by molar-refractivity contribution is 0.102. The van der Waals surface area contributed by atoms with Gasteiger partial charge in [0.25, 0.3) is 0 Å². The van der Waals surface area contributed by atoms with Crippen LogP contribution in [-0.2, 0) is 10.8 Å². The Morgan fingerprint density at radius 2 is 2.06 bits per heavy atom. The Bertz CT molecular complexity index is 439. The van der Waals surface area contributed by atoms with Crippen molar-refractivity contribution in [2.75, 3.05) is 5.75 Å². The first-order valence-electron chi connectivity index (χ1n) is 5.83. The maximum atomic E-state index is 12.0. The summed E-state index contributed by atoms with van der Waals surface area (Å²) in [6.07, 6.45) is 4.33. The van der Waals surface area contributed by atoms with Gasteiger partial charge in [-0.3, -0.25) is 9.00 Å². The predicted molar refractivity (Wildman–Crippen MR) is 73.7 cm³/mol. The first kappa shape index (κ1) is 13.0. The van der Waals surface area contributed by atoms with Gasteiger partial charge in [-0.2, -0.15) is 0 Å². The topological polar surface area (TPSA) is 34.1 Å². The molecule has 0 aliphatic heterocycles. The number of carbonyl (C=O) groups excluding carboxylic acids is 1. The van der Waals surface area contributed by atoms with Crippen molar-refractivity contribution >= 4 is 32.5 Å². The first-order chi connectivity index (χ1) is 8.16. The first-order valence-corrected chi connectivity index (χ1v) is 8.00. The second-order valence-corrected chi connectivity index (χ2v) is 7.00. The molecule has 1 unspecified atom stereocenters. The molecule has 2 nitrogen and oxygen atoms in total. The van der Waals surface area contributed by atoms with Gasteiger partial charge in [-0.05, 0) is 25.0 Å². The monoisotopic (exact) mass is 314 g/mol. The largest absolute Gasteiger partial charge is 0.293 e. The molecule has 1 aliphatic rings. The Hall–Kier alpha value is -0.480. The smallest absolute Gasteiger partial charge is 0.175 e. The van der Waals surface area contributed by atoms with Gasteiger partial charge in [-0.1, -0.05) is 40.9 Å². The van der Waals surface area contributed by atoms with E-state index in [-0.39, 0.29) is 16.8 Å². The van der Waals surface area contributed by atoms with Crippen molar-refractivity contribution in [2.45, 2.75) is 30.9 Å². The molecule has 4 heteroatoms. The summed E-state index contributed by atoms with van der Waals surface area (Å²) in [5.74, 6) is 0.151. The van der Waals surface area contributed by atoms with Gasteiger partial charge in [0.15, 0.2) is 5.78 Å². The molecule has 0 bridgehead atoms. The van der Waals surface area contributed by atoms with Crippen LogP contribution in [0.4, 0.5) is 0 Å². The quantitative estimate of drug-likeness (QED) is 0.799. The molecule has 1 aromatic rings. The Kier molecular flexibility index (Phi) is 4.51. The highest BCUT2D eigenvalue weighted by molar-refractivity contribution is 9.10. The Balaban J connectivity index is 1.99. The van der Waals surface area contributed by atoms with Gasteiger partial charge in [0.2, 0.25) is 0 Å². The minimum Gasteiger partial charge on any atom is -0.293 e. The average molecular weight is 315 g/mol. The van der Waals surface area contributed by atoms with Crippen molar-refractivity contribution < 1.29 is 9.00 Å². The molecule has 0 N–H and O–H groups in total. The standard InChI is InChI=1S/C13H15BrO2S/c14-11-5-3-4-10(8-11)13(15)9-17(16)12-6-1-2-7-12/h3-5,8,12H,1-2,6-7,9H2. The Labute approximate surface area is 112 Å². The number of hydrogen-bond acceptors (Lipinski definition) is 2. The maximum Gasteiger partial charge on any atom is 0.175 e. The SMILES string of the molecule is O=C(CS(=O)C1CCCC1)c1cccc(Br)c1. The van der Waals surface area contributed by atoms with E-state index < -0.39 is 10.8 Å². The van der Waals surface area contributed by atoms with E-state index >= 15 is 0 Å². The van der Waals surface area contributed by atoms with Gasteiger partial charge >= 0.3 is 0 Å². The fourth-order valence-corrected chi connectivity index (χ4v) is 4.06. The molecule has 0 saturated heterocycles. The molecule has 92 valence electrons. The van der Waals surface area contributed by atoms with Gasteiger partial charge in [0.05, 0.1) is 5.75 Å². The number of benzene rings is 1. The minimum atomic E-state index is -0.997. The lowest BCUT2D eigenvalue weighted by atomic mass is 10.2. The van der Waals surface area contributed by atoms with E-state index in [9.17, 15) is 9.00 Å². The molecule has 1 saturated carbocycles. The van der Waals surface area contributed by atoms with Crippen LogP contribution in [-0.4, -0.2) is 21.0 Å². The number of hydrogen-bond donors (Lipinski definition) is 0. The van der Waals surface area contributed by atoms with Crippen LogP contribution in [0.1, 0.15) is 36.0 Å². The Morgan fingerprint density at radius 3 is 2.71 bits per heavy atom. The molecule has 0 heterocycles. The fraction of sp³-hybridized carbons (Fsp3) is 0.462. The minimum absolute atomic E-state index is 0.0171. The third kappa shape index (κ3) is 3.49. The lowest BCUT2D eigenvalue weighted by Crippen LogP contribution is -2.19. The summed E-state index contributed by atoms with van der Waals surface area (Å²) in [5, 5.41) is 0.242. The van der Waals surface area contributed by atoms with E-state index in [0.717, 1.165) is 30.2 Å². The highest BCUT2D eigenvalue weighted by atomic mass is 79.9. The molecule has 17 heavy (non-hydrogen) atoms. The molecule has 2 rings (SSSR count). The van der Waals surface area contributed by atoms with Crippen molar-refractivity contribution in [1.29, 1.82) is 0 Å². The summed E-state index contributed by atoms with van der Waals surface area (Å²) >= 11 is 3.33. The summed E-state index contributed by atoms with van der Waals surface area (Å²) in [6.45, 7) is 0. The van der Waals surface area contributed by atoms with Gasteiger partial charge in [-0.15, -0.1) is 0 Å². The number of rotatable bonds is 4. The van der Waals surface area contributed by atoms with Gasteiger partial charge in [0, 0.05) is 26.1 Å². The molecule has 1 aliphatic carbocycles. The summed E-state index contributed by atoms with van der Waals surface area (Å²) in [7, 11) is -0.997. The van der Waals surface area contributed by atoms with E-state index in [1.54, 1.807) is 12.1 Å². The molecule has 1 atom stereocenters. The maximum absolute atomic E-state index is 12.0. The van der Waals surface area contributed by atoms with E-state index in [4.69, 9.17) is 0 Å². The molecule has 1 fully saturated rings. The number of ketones is 1. The molecular formula is C13H15BrO2S. The molecule has 0 aromatic heterocycles. The Morgan fingerprint density at radius 1 is 1.35 bits per heavy atom. The van der Waals surface area contributed by atoms with Gasteiger partial charge in [0.1, 0.15) is 0 Å². The van der Waals surface area contributed by atoms with Crippen LogP contribution < -0.4 is 0 Å². The fourth-order valence-electron chi connectivity index (χ4n) is 2.14. The summed E-state index contributed by atoms with van der Waals surface area (Å²) in [6, 6.07) is 7.27. The van der Waals surface area contributed by atoms with Gasteiger partial charge < -0.3 is 0 Å². The normalized spacial score (nSPS) is 18.2. The van der Waals surface area contributed by atoms with E-state index in [1.807, 2.05) is 12.1 Å². The van der Waals surface area contributed by atoms with Crippen LogP contribution in [0, 0.1) is 0 Å². The molecule has 0 radical (unpaired) electrons. The van der Waals surface area contributed by atoms with Crippen molar-refractivity contribution in [2.24, 2.45) is 0 Å². The van der Waals surface area contributed by atoms with Gasteiger partial charge in [-0.25, -0.2) is 0 Å². The molecular weight excluding hydrogens is 300 g/mol. The van der Waals surface area contributed by atoms with Crippen molar-refractivity contribution in [1.82, 2.24) is 0 Å². The van der Waals surface area contributed by atoms with Crippen LogP contribution in [0.5, 0.6) is 0 Å². The van der Waals surface area contributed by atoms with E-state index in [2.05, 4.69) is 15.9 Å². The van der Waals surface area contributed by atoms with Crippen LogP contribution in [0.2, 0.25) is 0 Å². The number of carbonyl (C=O) groups is 1. The zero-order chi connectivity index (χ0) is 12.3. The van der Waals surface area contributed by atoms with Crippen molar-refractivity contribution in [3.63, 3.8) is 0 Å². The lowest BCUT2D eigenvalue weighted by Gasteiger charge is -2.08. The van der Waals surface area contributed by atoms with Crippen molar-refractivity contribution in [3.05, 3.63) is 34.3 Å². The summed E-state index contributed by atoms with van der Waals surface area (Å²) in [4.78, 5) is 12.0. The van der Waals surface area contributed by atoms with Crippen LogP contribution in [0.15, 0.2) is 28.7 Å². The zero-order valence-corrected chi connectivity index (χ0v) is 11.9. The average Bonchev–Trinajstić information content (AvgIpc) is 2.82.